The van der Waals surface area contributed by atoms with Crippen LogP contribution >= 0.6 is 0 Å². The molecule has 134 valence electrons. The highest BCUT2D eigenvalue weighted by Gasteiger charge is 2.13. The van der Waals surface area contributed by atoms with E-state index in [9.17, 15) is 10.1 Å². The average molecular weight is 348 g/mol. The summed E-state index contributed by atoms with van der Waals surface area (Å²) in [6.45, 7) is 4.70. The van der Waals surface area contributed by atoms with Crippen LogP contribution in [0.5, 0.6) is 5.75 Å². The van der Waals surface area contributed by atoms with Gasteiger partial charge < -0.3 is 10.1 Å². The second kappa shape index (κ2) is 10.0. The number of nitrogens with one attached hydrogen (secondary N) is 1. The van der Waals surface area contributed by atoms with Gasteiger partial charge in [-0.2, -0.15) is 5.26 Å². The number of rotatable bonds is 8. The van der Waals surface area contributed by atoms with Gasteiger partial charge in [0.1, 0.15) is 17.4 Å². The van der Waals surface area contributed by atoms with Gasteiger partial charge in [-0.05, 0) is 42.7 Å². The van der Waals surface area contributed by atoms with Gasteiger partial charge in [-0.25, -0.2) is 0 Å². The first-order chi connectivity index (χ1) is 12.6. The van der Waals surface area contributed by atoms with Crippen LogP contribution in [0.3, 0.4) is 0 Å². The molecule has 0 saturated heterocycles. The van der Waals surface area contributed by atoms with Crippen molar-refractivity contribution >= 4 is 12.0 Å². The molecule has 4 nitrogen and oxygen atoms in total. The molecular weight excluding hydrogens is 324 g/mol. The lowest BCUT2D eigenvalue weighted by atomic mass is 10.1. The van der Waals surface area contributed by atoms with Crippen LogP contribution in [0.4, 0.5) is 0 Å². The minimum Gasteiger partial charge on any atom is -0.494 e. The molecule has 1 atom stereocenters. The number of carbonyl (C=O) groups excluding carboxylic acids is 1. The first kappa shape index (κ1) is 19.3. The highest BCUT2D eigenvalue weighted by molar-refractivity contribution is 6.01. The Morgan fingerprint density at radius 2 is 1.88 bits per heavy atom. The summed E-state index contributed by atoms with van der Waals surface area (Å²) in [7, 11) is 0. The van der Waals surface area contributed by atoms with Crippen LogP contribution in [0.2, 0.25) is 0 Å². The topological polar surface area (TPSA) is 62.1 Å². The van der Waals surface area contributed by atoms with E-state index in [0.717, 1.165) is 29.7 Å². The number of hydrogen-bond acceptors (Lipinski definition) is 3. The molecule has 0 spiro atoms. The van der Waals surface area contributed by atoms with E-state index in [1.807, 2.05) is 67.6 Å². The molecule has 0 unspecified atom stereocenters. The van der Waals surface area contributed by atoms with Gasteiger partial charge >= 0.3 is 0 Å². The molecule has 26 heavy (non-hydrogen) atoms. The lowest BCUT2D eigenvalue weighted by Crippen LogP contribution is -2.27. The summed E-state index contributed by atoms with van der Waals surface area (Å²) in [6.07, 6.45) is 3.69. The summed E-state index contributed by atoms with van der Waals surface area (Å²) in [5.74, 6) is 0.406. The van der Waals surface area contributed by atoms with E-state index in [4.69, 9.17) is 4.74 Å². The van der Waals surface area contributed by atoms with Crippen molar-refractivity contribution in [2.24, 2.45) is 0 Å². The summed E-state index contributed by atoms with van der Waals surface area (Å²) in [6, 6.07) is 18.8. The van der Waals surface area contributed by atoms with Gasteiger partial charge in [-0.1, -0.05) is 55.8 Å². The Labute approximate surface area is 155 Å². The predicted molar refractivity (Wildman–Crippen MR) is 103 cm³/mol. The zero-order valence-corrected chi connectivity index (χ0v) is 15.2. The third-order valence-corrected chi connectivity index (χ3v) is 3.97. The summed E-state index contributed by atoms with van der Waals surface area (Å²) >= 11 is 0. The van der Waals surface area contributed by atoms with Gasteiger partial charge in [-0.15, -0.1) is 0 Å². The van der Waals surface area contributed by atoms with E-state index < -0.39 is 0 Å². The Morgan fingerprint density at radius 1 is 1.19 bits per heavy atom. The standard InChI is InChI=1S/C22H24N2O2/c1-3-4-14-26-21-12-10-18(11-13-21)15-20(16-23)22(25)24-17(2)19-8-6-5-7-9-19/h5-13,15,17H,3-4,14H2,1-2H3,(H,24,25)/b20-15+/t17-/m0/s1. The monoisotopic (exact) mass is 348 g/mol. The molecule has 0 heterocycles. The first-order valence-corrected chi connectivity index (χ1v) is 8.84. The van der Waals surface area contributed by atoms with Gasteiger partial charge in [0.15, 0.2) is 0 Å². The number of carbonyl (C=O) groups is 1. The van der Waals surface area contributed by atoms with E-state index in [1.165, 1.54) is 0 Å². The van der Waals surface area contributed by atoms with Crippen molar-refractivity contribution in [1.29, 1.82) is 5.26 Å². The number of unbranched alkanes of at least 4 members (excludes halogenated alkanes) is 1. The largest absolute Gasteiger partial charge is 0.494 e. The number of nitrogens with zero attached hydrogens (tertiary/aromatic N) is 1. The molecule has 0 aliphatic carbocycles. The van der Waals surface area contributed by atoms with Crippen LogP contribution in [0.25, 0.3) is 6.08 Å². The van der Waals surface area contributed by atoms with E-state index in [-0.39, 0.29) is 17.5 Å². The van der Waals surface area contributed by atoms with E-state index in [2.05, 4.69) is 12.2 Å². The lowest BCUT2D eigenvalue weighted by molar-refractivity contribution is -0.117. The molecule has 4 heteroatoms. The molecular formula is C22H24N2O2. The fourth-order valence-electron chi connectivity index (χ4n) is 2.41. The van der Waals surface area contributed by atoms with Crippen LogP contribution in [0, 0.1) is 11.3 Å². The summed E-state index contributed by atoms with van der Waals surface area (Å²) < 4.78 is 5.62. The third-order valence-electron chi connectivity index (χ3n) is 3.97. The molecule has 2 aromatic rings. The van der Waals surface area contributed by atoms with Crippen LogP contribution < -0.4 is 10.1 Å². The second-order valence-electron chi connectivity index (χ2n) is 6.05. The molecule has 1 amide bonds. The third kappa shape index (κ3) is 5.78. The van der Waals surface area contributed by atoms with Gasteiger partial charge in [0, 0.05) is 0 Å². The molecule has 2 aromatic carbocycles. The summed E-state index contributed by atoms with van der Waals surface area (Å²) in [5, 5.41) is 12.2. The number of nitriles is 1. The number of ether oxygens (including phenoxy) is 1. The Kier molecular flexibility index (Phi) is 7.45. The number of benzene rings is 2. The van der Waals surface area contributed by atoms with Crippen molar-refractivity contribution in [1.82, 2.24) is 5.32 Å². The first-order valence-electron chi connectivity index (χ1n) is 8.84. The maximum Gasteiger partial charge on any atom is 0.262 e. The second-order valence-corrected chi connectivity index (χ2v) is 6.05. The molecule has 2 rings (SSSR count). The maximum absolute atomic E-state index is 12.4. The zero-order valence-electron chi connectivity index (χ0n) is 15.2. The molecule has 0 saturated carbocycles. The van der Waals surface area contributed by atoms with Crippen LogP contribution in [-0.4, -0.2) is 12.5 Å². The molecule has 0 radical (unpaired) electrons. The van der Waals surface area contributed by atoms with Crippen molar-refractivity contribution < 1.29 is 9.53 Å². The average Bonchev–Trinajstić information content (AvgIpc) is 2.68. The van der Waals surface area contributed by atoms with Crippen LogP contribution in [0.1, 0.15) is 43.9 Å². The fourth-order valence-corrected chi connectivity index (χ4v) is 2.41. The van der Waals surface area contributed by atoms with E-state index in [1.54, 1.807) is 6.08 Å². The summed E-state index contributed by atoms with van der Waals surface area (Å²) in [4.78, 5) is 12.4. The molecule has 0 aliphatic heterocycles. The maximum atomic E-state index is 12.4. The van der Waals surface area contributed by atoms with Crippen LogP contribution in [0.15, 0.2) is 60.2 Å². The lowest BCUT2D eigenvalue weighted by Gasteiger charge is -2.13. The van der Waals surface area contributed by atoms with Crippen molar-refractivity contribution in [2.45, 2.75) is 32.7 Å². The van der Waals surface area contributed by atoms with Gasteiger partial charge in [0.25, 0.3) is 5.91 Å². The molecule has 0 aromatic heterocycles. The highest BCUT2D eigenvalue weighted by Crippen LogP contribution is 2.16. The minimum absolute atomic E-state index is 0.0763. The summed E-state index contributed by atoms with van der Waals surface area (Å²) in [5.41, 5.74) is 1.85. The van der Waals surface area contributed by atoms with Crippen molar-refractivity contribution in [3.05, 3.63) is 71.3 Å². The normalized spacial score (nSPS) is 12.1. The van der Waals surface area contributed by atoms with Gasteiger partial charge in [0.2, 0.25) is 0 Å². The molecule has 1 N–H and O–H groups in total. The van der Waals surface area contributed by atoms with E-state index >= 15 is 0 Å². The number of amides is 1. The minimum atomic E-state index is -0.382. The quantitative estimate of drug-likeness (QED) is 0.429. The van der Waals surface area contributed by atoms with Crippen molar-refractivity contribution in [3.63, 3.8) is 0 Å². The smallest absolute Gasteiger partial charge is 0.262 e. The van der Waals surface area contributed by atoms with Crippen molar-refractivity contribution in [3.8, 4) is 11.8 Å². The van der Waals surface area contributed by atoms with E-state index in [0.29, 0.717) is 6.61 Å². The van der Waals surface area contributed by atoms with Gasteiger partial charge in [0.05, 0.1) is 12.6 Å². The van der Waals surface area contributed by atoms with Crippen molar-refractivity contribution in [2.75, 3.05) is 6.61 Å². The molecule has 0 fully saturated rings. The van der Waals surface area contributed by atoms with Gasteiger partial charge in [-0.3, -0.25) is 4.79 Å². The van der Waals surface area contributed by atoms with Crippen LogP contribution in [-0.2, 0) is 4.79 Å². The molecule has 0 bridgehead atoms. The Morgan fingerprint density at radius 3 is 2.50 bits per heavy atom. The molecule has 0 aliphatic rings. The Hall–Kier alpha value is -3.06. The zero-order chi connectivity index (χ0) is 18.8. The number of hydrogen-bond donors (Lipinski definition) is 1. The highest BCUT2D eigenvalue weighted by atomic mass is 16.5. The Bertz CT molecular complexity index is 774. The SMILES string of the molecule is CCCCOc1ccc(/C=C(\C#N)C(=O)N[C@@H](C)c2ccccc2)cc1. The fraction of sp³-hybridized carbons (Fsp3) is 0.273. The predicted octanol–water partition coefficient (Wildman–Crippen LogP) is 4.65. The Balaban J connectivity index is 2.02.